The van der Waals surface area contributed by atoms with Gasteiger partial charge in [0.05, 0.1) is 29.6 Å². The molecule has 3 rings (SSSR count). The van der Waals surface area contributed by atoms with Crippen LogP contribution in [0.25, 0.3) is 0 Å². The van der Waals surface area contributed by atoms with Crippen LogP contribution in [0.2, 0.25) is 10.0 Å². The lowest BCUT2D eigenvalue weighted by atomic mass is 10.2. The molecule has 0 bridgehead atoms. The van der Waals surface area contributed by atoms with E-state index in [1.54, 1.807) is 28.4 Å². The first-order valence-corrected chi connectivity index (χ1v) is 5.66. The summed E-state index contributed by atoms with van der Waals surface area (Å²) in [7, 11) is 0. The van der Waals surface area contributed by atoms with Crippen LogP contribution in [-0.2, 0) is 6.54 Å². The second-order valence-electron chi connectivity index (χ2n) is 3.57. The Morgan fingerprint density at radius 2 is 2.06 bits per heavy atom. The van der Waals surface area contributed by atoms with E-state index in [4.69, 9.17) is 23.2 Å². The molecule has 5 nitrogen and oxygen atoms in total. The molecule has 0 amide bonds. The molecule has 17 heavy (non-hydrogen) atoms. The van der Waals surface area contributed by atoms with Crippen molar-refractivity contribution in [2.75, 3.05) is 5.12 Å². The molecule has 0 N–H and O–H groups in total. The van der Waals surface area contributed by atoms with Gasteiger partial charge in [0.2, 0.25) is 0 Å². The molecule has 1 aliphatic rings. The highest BCUT2D eigenvalue weighted by molar-refractivity contribution is 6.31. The zero-order valence-corrected chi connectivity index (χ0v) is 10.1. The number of hydrogen-bond acceptors (Lipinski definition) is 4. The predicted octanol–water partition coefficient (Wildman–Crippen LogP) is 3.34. The van der Waals surface area contributed by atoms with Crippen LogP contribution in [0.4, 0.5) is 5.69 Å². The summed E-state index contributed by atoms with van der Waals surface area (Å²) in [6.07, 6.45) is 3.22. The van der Waals surface area contributed by atoms with E-state index >= 15 is 0 Å². The maximum absolute atomic E-state index is 5.88. The van der Waals surface area contributed by atoms with Crippen molar-refractivity contribution >= 4 is 28.9 Å². The highest BCUT2D eigenvalue weighted by Crippen LogP contribution is 2.28. The van der Waals surface area contributed by atoms with Gasteiger partial charge in [-0.25, -0.2) is 0 Å². The van der Waals surface area contributed by atoms with Crippen molar-refractivity contribution in [2.24, 2.45) is 10.3 Å². The molecule has 0 aliphatic carbocycles. The quantitative estimate of drug-likeness (QED) is 0.796. The summed E-state index contributed by atoms with van der Waals surface area (Å²) in [5, 5.41) is 15.0. The first-order chi connectivity index (χ1) is 8.22. The Labute approximate surface area is 107 Å². The van der Waals surface area contributed by atoms with Crippen LogP contribution in [0.3, 0.4) is 0 Å². The average Bonchev–Trinajstić information content (AvgIpc) is 2.75. The second kappa shape index (κ2) is 4.01. The third-order valence-corrected chi connectivity index (χ3v) is 2.82. The molecule has 1 aromatic heterocycles. The first kappa shape index (κ1) is 10.6. The number of nitrogens with zero attached hydrogens (tertiary/aromatic N) is 5. The fourth-order valence-corrected chi connectivity index (χ4v) is 1.88. The van der Waals surface area contributed by atoms with Crippen molar-refractivity contribution in [2.45, 2.75) is 6.54 Å². The SMILES string of the molecule is Clc1ccc2c(c1)N=NN(n1cc(Cl)cn1)C2. The zero-order chi connectivity index (χ0) is 11.8. The normalized spacial score (nSPS) is 13.9. The van der Waals surface area contributed by atoms with Crippen LogP contribution in [0, 0.1) is 0 Å². The van der Waals surface area contributed by atoms with E-state index < -0.39 is 0 Å². The van der Waals surface area contributed by atoms with E-state index in [0.717, 1.165) is 11.3 Å². The Morgan fingerprint density at radius 1 is 1.18 bits per heavy atom. The third-order valence-electron chi connectivity index (χ3n) is 2.39. The fourth-order valence-electron chi connectivity index (χ4n) is 1.58. The molecule has 0 fully saturated rings. The summed E-state index contributed by atoms with van der Waals surface area (Å²) in [4.78, 5) is 1.55. The van der Waals surface area contributed by atoms with Gasteiger partial charge in [0, 0.05) is 10.6 Å². The lowest BCUT2D eigenvalue weighted by Gasteiger charge is -2.21. The van der Waals surface area contributed by atoms with Crippen molar-refractivity contribution in [3.63, 3.8) is 0 Å². The molecule has 0 radical (unpaired) electrons. The smallest absolute Gasteiger partial charge is 0.0941 e. The number of fused-ring (bicyclic) bond motifs is 1. The molecular formula is C10H7Cl2N5. The molecule has 86 valence electrons. The van der Waals surface area contributed by atoms with E-state index in [1.807, 2.05) is 12.1 Å². The van der Waals surface area contributed by atoms with Gasteiger partial charge in [-0.2, -0.15) is 15.0 Å². The maximum atomic E-state index is 5.88. The summed E-state index contributed by atoms with van der Waals surface area (Å²) < 4.78 is 0. The average molecular weight is 268 g/mol. The lowest BCUT2D eigenvalue weighted by molar-refractivity contribution is 0.514. The Balaban J connectivity index is 1.94. The van der Waals surface area contributed by atoms with E-state index in [9.17, 15) is 0 Å². The van der Waals surface area contributed by atoms with E-state index in [2.05, 4.69) is 15.4 Å². The highest BCUT2D eigenvalue weighted by Gasteiger charge is 2.15. The Hall–Kier alpha value is -1.59. The van der Waals surface area contributed by atoms with Gasteiger partial charge < -0.3 is 0 Å². The summed E-state index contributed by atoms with van der Waals surface area (Å²) >= 11 is 11.7. The van der Waals surface area contributed by atoms with Gasteiger partial charge in [-0.15, -0.1) is 5.11 Å². The van der Waals surface area contributed by atoms with Crippen molar-refractivity contribution in [3.8, 4) is 0 Å². The van der Waals surface area contributed by atoms with Crippen LogP contribution in [-0.4, -0.2) is 9.89 Å². The molecule has 1 aliphatic heterocycles. The first-order valence-electron chi connectivity index (χ1n) is 4.90. The maximum Gasteiger partial charge on any atom is 0.0941 e. The standard InChI is InChI=1S/C10H7Cl2N5/c11-8-2-1-7-5-17(15-14-10(7)3-8)16-6-9(12)4-13-16/h1-4,6H,5H2. The summed E-state index contributed by atoms with van der Waals surface area (Å²) in [5.74, 6) is 0. The van der Waals surface area contributed by atoms with Crippen LogP contribution in [0.15, 0.2) is 40.9 Å². The molecule has 0 saturated heterocycles. The summed E-state index contributed by atoms with van der Waals surface area (Å²) in [6, 6.07) is 5.54. The Kier molecular flexibility index (Phi) is 2.49. The molecule has 1 aromatic carbocycles. The van der Waals surface area contributed by atoms with Crippen LogP contribution < -0.4 is 5.12 Å². The topological polar surface area (TPSA) is 45.8 Å². The van der Waals surface area contributed by atoms with E-state index in [0.29, 0.717) is 16.6 Å². The number of halogens is 2. The zero-order valence-electron chi connectivity index (χ0n) is 8.59. The number of rotatable bonds is 1. The summed E-state index contributed by atoms with van der Waals surface area (Å²) in [5.41, 5.74) is 1.82. The van der Waals surface area contributed by atoms with Gasteiger partial charge in [-0.1, -0.05) is 29.3 Å². The highest BCUT2D eigenvalue weighted by atomic mass is 35.5. The Bertz CT molecular complexity index is 592. The number of hydrogen-bond donors (Lipinski definition) is 0. The number of aromatic nitrogens is 2. The van der Waals surface area contributed by atoms with Gasteiger partial charge in [0.25, 0.3) is 0 Å². The van der Waals surface area contributed by atoms with Crippen molar-refractivity contribution in [1.82, 2.24) is 9.89 Å². The molecular weight excluding hydrogens is 261 g/mol. The molecule has 2 heterocycles. The molecule has 0 saturated carbocycles. The van der Waals surface area contributed by atoms with E-state index in [-0.39, 0.29) is 0 Å². The minimum absolute atomic E-state index is 0.558. The minimum Gasteiger partial charge on any atom is -0.161 e. The van der Waals surface area contributed by atoms with Gasteiger partial charge in [0.1, 0.15) is 0 Å². The molecule has 2 aromatic rings. The monoisotopic (exact) mass is 267 g/mol. The third kappa shape index (κ3) is 1.99. The van der Waals surface area contributed by atoms with Gasteiger partial charge >= 0.3 is 0 Å². The number of benzene rings is 1. The molecule has 0 atom stereocenters. The fraction of sp³-hybridized carbons (Fsp3) is 0.100. The van der Waals surface area contributed by atoms with Gasteiger partial charge in [-0.05, 0) is 17.4 Å². The van der Waals surface area contributed by atoms with E-state index in [1.165, 1.54) is 0 Å². The van der Waals surface area contributed by atoms with Gasteiger partial charge in [-0.3, -0.25) is 0 Å². The van der Waals surface area contributed by atoms with Crippen molar-refractivity contribution in [1.29, 1.82) is 0 Å². The van der Waals surface area contributed by atoms with Crippen LogP contribution in [0.5, 0.6) is 0 Å². The predicted molar refractivity (Wildman–Crippen MR) is 65.1 cm³/mol. The minimum atomic E-state index is 0.558. The lowest BCUT2D eigenvalue weighted by Crippen LogP contribution is -2.29. The summed E-state index contributed by atoms with van der Waals surface area (Å²) in [6.45, 7) is 0.577. The Morgan fingerprint density at radius 3 is 2.82 bits per heavy atom. The molecule has 0 spiro atoms. The van der Waals surface area contributed by atoms with Crippen molar-refractivity contribution in [3.05, 3.63) is 46.2 Å². The van der Waals surface area contributed by atoms with Gasteiger partial charge in [0.15, 0.2) is 0 Å². The molecule has 7 heteroatoms. The largest absolute Gasteiger partial charge is 0.161 e. The second-order valence-corrected chi connectivity index (χ2v) is 4.44. The van der Waals surface area contributed by atoms with Crippen LogP contribution in [0.1, 0.15) is 5.56 Å². The molecule has 0 unspecified atom stereocenters. The van der Waals surface area contributed by atoms with Crippen LogP contribution >= 0.6 is 23.2 Å². The van der Waals surface area contributed by atoms with Crippen molar-refractivity contribution < 1.29 is 0 Å².